The average Bonchev–Trinajstić information content (AvgIpc) is 3.10. The summed E-state index contributed by atoms with van der Waals surface area (Å²) in [5.41, 5.74) is 0.991. The lowest BCUT2D eigenvalue weighted by molar-refractivity contribution is -0.121. The highest BCUT2D eigenvalue weighted by Crippen LogP contribution is 2.29. The summed E-state index contributed by atoms with van der Waals surface area (Å²) in [6.07, 6.45) is 5.88. The monoisotopic (exact) mass is 416 g/mol. The molecule has 1 aliphatic rings. The molecule has 7 heteroatoms. The van der Waals surface area contributed by atoms with Gasteiger partial charge in [0.1, 0.15) is 5.75 Å². The third-order valence-electron chi connectivity index (χ3n) is 5.22. The number of rotatable bonds is 8. The maximum absolute atomic E-state index is 12.7. The van der Waals surface area contributed by atoms with E-state index in [9.17, 15) is 4.79 Å². The molecule has 1 fully saturated rings. The van der Waals surface area contributed by atoms with Crippen molar-refractivity contribution in [3.63, 3.8) is 0 Å². The molecule has 3 rings (SSSR count). The largest absolute Gasteiger partial charge is 0.497 e. The van der Waals surface area contributed by atoms with Crippen molar-refractivity contribution < 1.29 is 9.53 Å². The van der Waals surface area contributed by atoms with Crippen LogP contribution in [0.5, 0.6) is 5.75 Å². The lowest BCUT2D eigenvalue weighted by Gasteiger charge is -2.24. The number of ether oxygens (including phenoxy) is 1. The first-order valence-electron chi connectivity index (χ1n) is 10.5. The van der Waals surface area contributed by atoms with E-state index in [1.165, 1.54) is 31.0 Å². The van der Waals surface area contributed by atoms with Crippen LogP contribution in [0.25, 0.3) is 11.4 Å². The highest BCUT2D eigenvalue weighted by atomic mass is 32.2. The van der Waals surface area contributed by atoms with E-state index < -0.39 is 0 Å². The molecule has 1 aromatic carbocycles. The van der Waals surface area contributed by atoms with Gasteiger partial charge >= 0.3 is 0 Å². The summed E-state index contributed by atoms with van der Waals surface area (Å²) in [4.78, 5) is 12.7. The number of thioether (sulfide) groups is 1. The number of aromatic nitrogens is 3. The van der Waals surface area contributed by atoms with Gasteiger partial charge in [0.2, 0.25) is 5.91 Å². The summed E-state index contributed by atoms with van der Waals surface area (Å²) >= 11 is 1.48. The predicted octanol–water partition coefficient (Wildman–Crippen LogP) is 4.54. The number of carbonyl (C=O) groups is 1. The Morgan fingerprint density at radius 1 is 1.17 bits per heavy atom. The molecule has 1 N–H and O–H groups in total. The fourth-order valence-corrected chi connectivity index (χ4v) is 4.50. The third-order valence-corrected chi connectivity index (χ3v) is 6.30. The third kappa shape index (κ3) is 5.75. The van der Waals surface area contributed by atoms with E-state index in [2.05, 4.69) is 33.9 Å². The molecule has 1 heterocycles. The first-order chi connectivity index (χ1) is 14.0. The second-order valence-electron chi connectivity index (χ2n) is 8.14. The molecule has 1 aromatic heterocycles. The Bertz CT molecular complexity index is 798. The molecule has 0 saturated heterocycles. The van der Waals surface area contributed by atoms with Gasteiger partial charge in [0, 0.05) is 18.2 Å². The minimum Gasteiger partial charge on any atom is -0.497 e. The molecule has 0 spiro atoms. The number of methoxy groups -OCH3 is 1. The van der Waals surface area contributed by atoms with Gasteiger partial charge in [-0.2, -0.15) is 0 Å². The highest BCUT2D eigenvalue weighted by molar-refractivity contribution is 8.00. The number of benzene rings is 1. The van der Waals surface area contributed by atoms with Gasteiger partial charge in [0.25, 0.3) is 0 Å². The summed E-state index contributed by atoms with van der Waals surface area (Å²) in [6, 6.07) is 8.16. The fraction of sp³-hybridized carbons (Fsp3) is 0.591. The predicted molar refractivity (Wildman–Crippen MR) is 117 cm³/mol. The Balaban J connectivity index is 1.75. The van der Waals surface area contributed by atoms with Crippen LogP contribution >= 0.6 is 11.8 Å². The second kappa shape index (κ2) is 10.1. The summed E-state index contributed by atoms with van der Waals surface area (Å²) in [5.74, 6) is 2.16. The summed E-state index contributed by atoms with van der Waals surface area (Å²) < 4.78 is 7.38. The van der Waals surface area contributed by atoms with Crippen molar-refractivity contribution in [3.05, 3.63) is 24.3 Å². The Morgan fingerprint density at radius 3 is 2.48 bits per heavy atom. The molecular weight excluding hydrogens is 384 g/mol. The van der Waals surface area contributed by atoms with Crippen molar-refractivity contribution >= 4 is 17.7 Å². The normalized spacial score (nSPS) is 16.0. The van der Waals surface area contributed by atoms with E-state index in [0.29, 0.717) is 12.0 Å². The van der Waals surface area contributed by atoms with Crippen LogP contribution in [0.15, 0.2) is 29.4 Å². The lowest BCUT2D eigenvalue weighted by atomic mass is 9.95. The molecule has 0 bridgehead atoms. The molecule has 0 unspecified atom stereocenters. The highest BCUT2D eigenvalue weighted by Gasteiger charge is 2.24. The van der Waals surface area contributed by atoms with Gasteiger partial charge in [-0.1, -0.05) is 44.9 Å². The number of amides is 1. The van der Waals surface area contributed by atoms with Crippen LogP contribution < -0.4 is 10.1 Å². The van der Waals surface area contributed by atoms with Gasteiger partial charge in [-0.15, -0.1) is 10.2 Å². The van der Waals surface area contributed by atoms with Crippen molar-refractivity contribution in [2.45, 2.75) is 75.9 Å². The van der Waals surface area contributed by atoms with E-state index in [0.717, 1.165) is 41.7 Å². The molecule has 6 nitrogen and oxygen atoms in total. The Labute approximate surface area is 177 Å². The van der Waals surface area contributed by atoms with Gasteiger partial charge < -0.3 is 14.6 Å². The van der Waals surface area contributed by atoms with Gasteiger partial charge in [-0.05, 0) is 49.9 Å². The lowest BCUT2D eigenvalue weighted by Crippen LogP contribution is -2.40. The van der Waals surface area contributed by atoms with Crippen LogP contribution in [-0.2, 0) is 11.3 Å². The molecule has 1 atom stereocenters. The Hall–Kier alpha value is -2.02. The van der Waals surface area contributed by atoms with Gasteiger partial charge in [-0.25, -0.2) is 0 Å². The molecule has 29 heavy (non-hydrogen) atoms. The number of nitrogens with zero attached hydrogens (tertiary/aromatic N) is 3. The maximum Gasteiger partial charge on any atom is 0.233 e. The van der Waals surface area contributed by atoms with Crippen molar-refractivity contribution in [2.24, 2.45) is 5.92 Å². The first-order valence-corrected chi connectivity index (χ1v) is 11.4. The van der Waals surface area contributed by atoms with Gasteiger partial charge in [0.05, 0.1) is 12.4 Å². The molecule has 0 aliphatic heterocycles. The van der Waals surface area contributed by atoms with E-state index in [1.54, 1.807) is 7.11 Å². The van der Waals surface area contributed by atoms with Crippen LogP contribution in [0.2, 0.25) is 0 Å². The zero-order valence-corrected chi connectivity index (χ0v) is 18.7. The Kier molecular flexibility index (Phi) is 7.58. The zero-order chi connectivity index (χ0) is 20.8. The van der Waals surface area contributed by atoms with Gasteiger partial charge in [0.15, 0.2) is 11.0 Å². The van der Waals surface area contributed by atoms with Crippen molar-refractivity contribution in [2.75, 3.05) is 7.11 Å². The molecule has 2 aromatic rings. The average molecular weight is 417 g/mol. The SMILES string of the molecule is COc1ccc(-c2nnc(S[C@@H](C)C(=O)NC3CCCCC3)n2CC(C)C)cc1. The standard InChI is InChI=1S/C22H32N4O2S/c1-15(2)14-26-20(17-10-12-19(28-4)13-11-17)24-25-22(26)29-16(3)21(27)23-18-8-6-5-7-9-18/h10-13,15-16,18H,5-9,14H2,1-4H3,(H,23,27)/t16-/m0/s1. The number of nitrogens with one attached hydrogen (secondary N) is 1. The van der Waals surface area contributed by atoms with Gasteiger partial charge in [-0.3, -0.25) is 4.79 Å². The van der Waals surface area contributed by atoms with Crippen LogP contribution in [0.4, 0.5) is 0 Å². The zero-order valence-electron chi connectivity index (χ0n) is 17.9. The molecule has 1 amide bonds. The molecule has 0 radical (unpaired) electrons. The van der Waals surface area contributed by atoms with Crippen LogP contribution in [0.1, 0.15) is 52.9 Å². The van der Waals surface area contributed by atoms with Crippen LogP contribution in [-0.4, -0.2) is 39.1 Å². The minimum atomic E-state index is -0.212. The molecule has 158 valence electrons. The van der Waals surface area contributed by atoms with Crippen molar-refractivity contribution in [1.82, 2.24) is 20.1 Å². The van der Waals surface area contributed by atoms with E-state index in [1.807, 2.05) is 31.2 Å². The first kappa shape index (κ1) is 21.7. The van der Waals surface area contributed by atoms with Crippen LogP contribution in [0.3, 0.4) is 0 Å². The molecule has 1 saturated carbocycles. The van der Waals surface area contributed by atoms with E-state index in [4.69, 9.17) is 4.74 Å². The number of hydrogen-bond donors (Lipinski definition) is 1. The fourth-order valence-electron chi connectivity index (χ4n) is 3.64. The van der Waals surface area contributed by atoms with E-state index in [-0.39, 0.29) is 11.2 Å². The van der Waals surface area contributed by atoms with Crippen molar-refractivity contribution in [3.8, 4) is 17.1 Å². The topological polar surface area (TPSA) is 69.0 Å². The smallest absolute Gasteiger partial charge is 0.233 e. The Morgan fingerprint density at radius 2 is 1.86 bits per heavy atom. The van der Waals surface area contributed by atoms with E-state index >= 15 is 0 Å². The minimum absolute atomic E-state index is 0.0898. The van der Waals surface area contributed by atoms with Crippen LogP contribution in [0, 0.1) is 5.92 Å². The van der Waals surface area contributed by atoms with Crippen molar-refractivity contribution in [1.29, 1.82) is 0 Å². The summed E-state index contributed by atoms with van der Waals surface area (Å²) in [6.45, 7) is 7.09. The summed E-state index contributed by atoms with van der Waals surface area (Å²) in [7, 11) is 1.66. The number of hydrogen-bond acceptors (Lipinski definition) is 5. The summed E-state index contributed by atoms with van der Waals surface area (Å²) in [5, 5.41) is 12.7. The maximum atomic E-state index is 12.7. The molecular formula is C22H32N4O2S. The second-order valence-corrected chi connectivity index (χ2v) is 9.45. The number of carbonyl (C=O) groups excluding carboxylic acids is 1. The molecule has 1 aliphatic carbocycles. The quantitative estimate of drug-likeness (QED) is 0.640.